The maximum absolute atomic E-state index is 12.0. The van der Waals surface area contributed by atoms with Gasteiger partial charge in [-0.3, -0.25) is 0 Å². The Kier molecular flexibility index (Phi) is 6.40. The smallest absolute Gasteiger partial charge is 0.214 e. The summed E-state index contributed by atoms with van der Waals surface area (Å²) in [7, 11) is -3.09. The monoisotopic (exact) mass is 264 g/mol. The summed E-state index contributed by atoms with van der Waals surface area (Å²) in [5.74, 6) is 0.229. The van der Waals surface area contributed by atoms with Crippen molar-refractivity contribution in [2.45, 2.75) is 32.7 Å². The van der Waals surface area contributed by atoms with Gasteiger partial charge in [-0.2, -0.15) is 4.31 Å². The molecule has 0 aromatic carbocycles. The summed E-state index contributed by atoms with van der Waals surface area (Å²) in [5.41, 5.74) is 0. The Hall–Kier alpha value is -0.170. The van der Waals surface area contributed by atoms with Crippen molar-refractivity contribution in [2.24, 2.45) is 0 Å². The Labute approximate surface area is 105 Å². The average molecular weight is 264 g/mol. The van der Waals surface area contributed by atoms with E-state index in [2.05, 4.69) is 19.2 Å². The van der Waals surface area contributed by atoms with Crippen LogP contribution in [0.25, 0.3) is 0 Å². The molecule has 0 bridgehead atoms. The average Bonchev–Trinajstić information content (AvgIpc) is 2.53. The molecule has 102 valence electrons. The molecule has 0 aromatic rings. The van der Waals surface area contributed by atoms with Gasteiger partial charge < -0.3 is 10.1 Å². The highest BCUT2D eigenvalue weighted by atomic mass is 32.2. The zero-order valence-corrected chi connectivity index (χ0v) is 11.6. The molecule has 1 saturated heterocycles. The summed E-state index contributed by atoms with van der Waals surface area (Å²) >= 11 is 0. The molecule has 5 nitrogen and oxygen atoms in total. The van der Waals surface area contributed by atoms with E-state index in [1.54, 1.807) is 4.31 Å². The van der Waals surface area contributed by atoms with Gasteiger partial charge >= 0.3 is 0 Å². The predicted molar refractivity (Wildman–Crippen MR) is 68.6 cm³/mol. The zero-order chi connectivity index (χ0) is 12.7. The van der Waals surface area contributed by atoms with Crippen LogP contribution in [0.2, 0.25) is 0 Å². The van der Waals surface area contributed by atoms with Crippen LogP contribution < -0.4 is 5.32 Å². The van der Waals surface area contributed by atoms with Gasteiger partial charge in [-0.15, -0.1) is 0 Å². The van der Waals surface area contributed by atoms with Crippen LogP contribution in [0.1, 0.15) is 26.7 Å². The number of nitrogens with one attached hydrogen (secondary N) is 1. The molecule has 1 N–H and O–H groups in total. The van der Waals surface area contributed by atoms with Crippen LogP contribution in [0.3, 0.4) is 0 Å². The summed E-state index contributed by atoms with van der Waals surface area (Å²) in [4.78, 5) is 0. The molecule has 6 heteroatoms. The summed E-state index contributed by atoms with van der Waals surface area (Å²) in [5, 5.41) is 3.23. The van der Waals surface area contributed by atoms with Gasteiger partial charge in [0.05, 0.1) is 12.4 Å². The zero-order valence-electron chi connectivity index (χ0n) is 10.8. The van der Waals surface area contributed by atoms with Crippen LogP contribution in [0, 0.1) is 0 Å². The fourth-order valence-electron chi connectivity index (χ4n) is 1.78. The van der Waals surface area contributed by atoms with Gasteiger partial charge in [0.25, 0.3) is 0 Å². The molecule has 0 radical (unpaired) electrons. The van der Waals surface area contributed by atoms with Crippen LogP contribution in [-0.4, -0.2) is 57.4 Å². The summed E-state index contributed by atoms with van der Waals surface area (Å²) in [6.07, 6.45) is 1.46. The third kappa shape index (κ3) is 5.81. The SMILES string of the molecule is CC(C)NCCCS(=O)(=O)N1CCCOCC1. The van der Waals surface area contributed by atoms with Crippen molar-refractivity contribution in [1.82, 2.24) is 9.62 Å². The standard InChI is InChI=1S/C11H24N2O3S/c1-11(2)12-5-3-10-17(14,15)13-6-4-8-16-9-7-13/h11-12H,3-10H2,1-2H3. The Morgan fingerprint density at radius 1 is 1.29 bits per heavy atom. The number of hydrogen-bond donors (Lipinski definition) is 1. The van der Waals surface area contributed by atoms with Crippen LogP contribution in [-0.2, 0) is 14.8 Å². The van der Waals surface area contributed by atoms with E-state index in [0.29, 0.717) is 38.8 Å². The fourth-order valence-corrected chi connectivity index (χ4v) is 3.30. The topological polar surface area (TPSA) is 58.6 Å². The van der Waals surface area contributed by atoms with E-state index in [0.717, 1.165) is 13.0 Å². The Bertz CT molecular complexity index is 296. The lowest BCUT2D eigenvalue weighted by molar-refractivity contribution is 0.148. The number of ether oxygens (including phenoxy) is 1. The normalized spacial score (nSPS) is 19.5. The first-order valence-electron chi connectivity index (χ1n) is 6.31. The lowest BCUT2D eigenvalue weighted by Gasteiger charge is -2.19. The van der Waals surface area contributed by atoms with E-state index in [-0.39, 0.29) is 5.75 Å². The van der Waals surface area contributed by atoms with E-state index >= 15 is 0 Å². The van der Waals surface area contributed by atoms with E-state index in [9.17, 15) is 8.42 Å². The molecule has 0 aliphatic carbocycles. The lowest BCUT2D eigenvalue weighted by Crippen LogP contribution is -2.36. The Morgan fingerprint density at radius 3 is 2.76 bits per heavy atom. The molecule has 0 saturated carbocycles. The molecular formula is C11H24N2O3S. The van der Waals surface area contributed by atoms with Crippen molar-refractivity contribution < 1.29 is 13.2 Å². The summed E-state index contributed by atoms with van der Waals surface area (Å²) in [6.45, 7) is 7.15. The lowest BCUT2D eigenvalue weighted by atomic mass is 10.4. The number of sulfonamides is 1. The summed E-state index contributed by atoms with van der Waals surface area (Å²) < 4.78 is 30.9. The summed E-state index contributed by atoms with van der Waals surface area (Å²) in [6, 6.07) is 0.407. The van der Waals surface area contributed by atoms with Crippen LogP contribution in [0.5, 0.6) is 0 Å². The first-order chi connectivity index (χ1) is 8.02. The van der Waals surface area contributed by atoms with E-state index in [1.807, 2.05) is 0 Å². The molecule has 0 unspecified atom stereocenters. The van der Waals surface area contributed by atoms with Gasteiger partial charge in [0, 0.05) is 25.7 Å². The molecule has 0 atom stereocenters. The minimum Gasteiger partial charge on any atom is -0.380 e. The minimum atomic E-state index is -3.09. The molecule has 1 aliphatic rings. The van der Waals surface area contributed by atoms with Crippen molar-refractivity contribution in [2.75, 3.05) is 38.6 Å². The highest BCUT2D eigenvalue weighted by Crippen LogP contribution is 2.07. The molecule has 0 spiro atoms. The first kappa shape index (κ1) is 14.9. The number of nitrogens with zero attached hydrogens (tertiary/aromatic N) is 1. The van der Waals surface area contributed by atoms with Crippen LogP contribution in [0.4, 0.5) is 0 Å². The van der Waals surface area contributed by atoms with Crippen LogP contribution >= 0.6 is 0 Å². The number of rotatable bonds is 6. The van der Waals surface area contributed by atoms with Crippen molar-refractivity contribution in [3.05, 3.63) is 0 Å². The van der Waals surface area contributed by atoms with Gasteiger partial charge in [0.1, 0.15) is 0 Å². The van der Waals surface area contributed by atoms with Gasteiger partial charge in [-0.25, -0.2) is 8.42 Å². The van der Waals surface area contributed by atoms with E-state index in [1.165, 1.54) is 0 Å². The predicted octanol–water partition coefficient (Wildman–Crippen LogP) is 0.427. The Balaban J connectivity index is 2.33. The number of hydrogen-bond acceptors (Lipinski definition) is 4. The fraction of sp³-hybridized carbons (Fsp3) is 1.00. The van der Waals surface area contributed by atoms with Crippen molar-refractivity contribution >= 4 is 10.0 Å². The first-order valence-corrected chi connectivity index (χ1v) is 7.92. The molecule has 1 fully saturated rings. The molecule has 0 aromatic heterocycles. The quantitative estimate of drug-likeness (QED) is 0.707. The molecule has 1 rings (SSSR count). The minimum absolute atomic E-state index is 0.229. The van der Waals surface area contributed by atoms with E-state index in [4.69, 9.17) is 4.74 Å². The molecule has 17 heavy (non-hydrogen) atoms. The third-order valence-corrected chi connectivity index (χ3v) is 4.66. The Morgan fingerprint density at radius 2 is 2.06 bits per heavy atom. The van der Waals surface area contributed by atoms with E-state index < -0.39 is 10.0 Å². The maximum atomic E-state index is 12.0. The molecule has 1 aliphatic heterocycles. The highest BCUT2D eigenvalue weighted by molar-refractivity contribution is 7.89. The molecular weight excluding hydrogens is 240 g/mol. The second kappa shape index (κ2) is 7.31. The maximum Gasteiger partial charge on any atom is 0.214 e. The largest absolute Gasteiger partial charge is 0.380 e. The van der Waals surface area contributed by atoms with Gasteiger partial charge in [-0.05, 0) is 19.4 Å². The van der Waals surface area contributed by atoms with Gasteiger partial charge in [0.2, 0.25) is 10.0 Å². The third-order valence-electron chi connectivity index (χ3n) is 2.71. The van der Waals surface area contributed by atoms with Gasteiger partial charge in [0.15, 0.2) is 0 Å². The second-order valence-electron chi connectivity index (χ2n) is 4.64. The van der Waals surface area contributed by atoms with Gasteiger partial charge in [-0.1, -0.05) is 13.8 Å². The molecule has 0 amide bonds. The van der Waals surface area contributed by atoms with Crippen LogP contribution in [0.15, 0.2) is 0 Å². The second-order valence-corrected chi connectivity index (χ2v) is 6.73. The van der Waals surface area contributed by atoms with Crippen molar-refractivity contribution in [3.63, 3.8) is 0 Å². The molecule has 1 heterocycles. The van der Waals surface area contributed by atoms with Crippen molar-refractivity contribution in [1.29, 1.82) is 0 Å². The highest BCUT2D eigenvalue weighted by Gasteiger charge is 2.22. The van der Waals surface area contributed by atoms with Crippen molar-refractivity contribution in [3.8, 4) is 0 Å².